The van der Waals surface area contributed by atoms with Crippen molar-refractivity contribution >= 4 is 71.0 Å². The van der Waals surface area contributed by atoms with Crippen LogP contribution in [-0.2, 0) is 58.6 Å². The standard InChI is InChI=1S/C20H35NO4.C20H29NO4.C15H11NO2.C10H18O5.C8H6.C7H6INO2.C6H15N/c2*1-20(2,3)25-19(23)21-13-12-16(14-17(21)18(22)24-4)11-10-15-8-6-5-7-9-15;1-18-15(17)14-11-13(9-10-16-14)8-7-12-5-3-2-4-6-12;1-9(2,3)14-7(11)13-8(12)15-10(4,5)6;1-2-8-6-4-3-5-7-8;1-11-7(10)6-4-5(8)2-3-9-6;1-4-7(5-2)6-3/h15-17H,5-14H2,1-4H3;5-9,16-17H,10-14H2,1-4H3;2-6,9-11H,1H3;1-6H3;1,3-7H;2-4H,1H3;4-6H2,1-3H3. The number of halogens is 1. The number of carbonyl (C=O) groups excluding carboxylic acids is 8. The van der Waals surface area contributed by atoms with Gasteiger partial charge in [-0.05, 0) is 236 Å². The minimum atomic E-state index is -1.06. The summed E-state index contributed by atoms with van der Waals surface area (Å²) in [4.78, 5) is 107. The lowest BCUT2D eigenvalue weighted by atomic mass is 9.81. The van der Waals surface area contributed by atoms with E-state index in [1.807, 2.05) is 126 Å². The van der Waals surface area contributed by atoms with Gasteiger partial charge in [0.15, 0.2) is 0 Å². The van der Waals surface area contributed by atoms with Crippen LogP contribution in [0.5, 0.6) is 0 Å². The number of piperidine rings is 2. The van der Waals surface area contributed by atoms with Crippen LogP contribution in [0.15, 0.2) is 128 Å². The van der Waals surface area contributed by atoms with Crippen molar-refractivity contribution in [3.63, 3.8) is 0 Å². The Labute approximate surface area is 662 Å². The van der Waals surface area contributed by atoms with Crippen LogP contribution in [0.2, 0.25) is 0 Å². The maximum Gasteiger partial charge on any atom is 0.519 e. The second kappa shape index (κ2) is 50.6. The molecule has 22 nitrogen and oxygen atoms in total. The number of rotatable bonds is 13. The number of terminal acetylenes is 1. The molecule has 0 spiro atoms. The van der Waals surface area contributed by atoms with E-state index in [2.05, 4.69) is 102 Å². The predicted molar refractivity (Wildman–Crippen MR) is 431 cm³/mol. The highest BCUT2D eigenvalue weighted by atomic mass is 127. The molecule has 23 heteroatoms. The highest BCUT2D eigenvalue weighted by Gasteiger charge is 2.41. The molecule has 2 aromatic heterocycles. The number of pyridine rings is 2. The average molecular weight is 1620 g/mol. The number of amides is 2. The molecule has 2 aliphatic heterocycles. The minimum Gasteiger partial charge on any atom is -0.467 e. The van der Waals surface area contributed by atoms with E-state index in [4.69, 9.17) is 34.8 Å². The van der Waals surface area contributed by atoms with Crippen molar-refractivity contribution in [2.45, 2.75) is 222 Å². The summed E-state index contributed by atoms with van der Waals surface area (Å²) in [5.74, 6) is 8.71. The molecule has 5 aromatic rings. The number of benzene rings is 3. The number of methoxy groups -OCH3 is 4. The van der Waals surface area contributed by atoms with Gasteiger partial charge in [-0.2, -0.15) is 0 Å². The first-order chi connectivity index (χ1) is 51.4. The number of aromatic nitrogens is 2. The lowest BCUT2D eigenvalue weighted by Crippen LogP contribution is -2.52. The van der Waals surface area contributed by atoms with Crippen LogP contribution in [0.4, 0.5) is 19.2 Å². The zero-order valence-electron chi connectivity index (χ0n) is 67.9. The molecule has 3 aliphatic rings. The Hall–Kier alpha value is -9.07. The summed E-state index contributed by atoms with van der Waals surface area (Å²) < 4.78 is 44.7. The Kier molecular flexibility index (Phi) is 44.6. The molecule has 4 atom stereocenters. The smallest absolute Gasteiger partial charge is 0.467 e. The van der Waals surface area contributed by atoms with Gasteiger partial charge in [-0.1, -0.05) is 150 Å². The van der Waals surface area contributed by atoms with Gasteiger partial charge in [-0.3, -0.25) is 9.80 Å². The molecule has 4 unspecified atom stereocenters. The monoisotopic (exact) mass is 1620 g/mol. The van der Waals surface area contributed by atoms with Crippen LogP contribution >= 0.6 is 22.6 Å². The molecule has 1 saturated carbocycles. The van der Waals surface area contributed by atoms with Gasteiger partial charge in [-0.25, -0.2) is 48.3 Å². The SMILES string of the molecule is C#Cc1ccccc1.CC(C)(C)OC(=O)OC(=O)OC(C)(C)C.CCN(CC)CC.COC(=O)C1CC(CCC2CCCCC2)CCN1C(=O)OC(C)(C)C.COC(=O)C1CC(CCc2ccccc2)CCN1C(=O)OC(C)(C)C.COC(=O)c1cc(C#Cc2ccccc2)ccn1.COC(=O)c1cc(I)ccn1. The fraction of sp³-hybridized carbons (Fsp3) is 0.535. The Morgan fingerprint density at radius 3 is 1.26 bits per heavy atom. The number of esters is 4. The molecule has 0 radical (unpaired) electrons. The molecular formula is C86H120IN5O17. The Balaban J connectivity index is 0.000000450. The number of ether oxygens (including phenoxy) is 9. The number of hydrogen-bond donors (Lipinski definition) is 0. The van der Waals surface area contributed by atoms with Crippen LogP contribution in [0.1, 0.15) is 224 Å². The molecule has 0 N–H and O–H groups in total. The number of hydrogen-bond acceptors (Lipinski definition) is 20. The first-order valence-corrected chi connectivity index (χ1v) is 38.4. The maximum atomic E-state index is 12.5. The van der Waals surface area contributed by atoms with E-state index in [1.54, 1.807) is 77.0 Å². The Bertz CT molecular complexity index is 3600. The fourth-order valence-corrected chi connectivity index (χ4v) is 11.6. The van der Waals surface area contributed by atoms with Crippen molar-refractivity contribution in [2.75, 3.05) is 61.2 Å². The summed E-state index contributed by atoms with van der Waals surface area (Å²) >= 11 is 2.11. The van der Waals surface area contributed by atoms with E-state index < -0.39 is 70.9 Å². The molecule has 1 aliphatic carbocycles. The normalized spacial score (nSPS) is 16.0. The highest BCUT2D eigenvalue weighted by molar-refractivity contribution is 14.1. The van der Waals surface area contributed by atoms with Crippen LogP contribution < -0.4 is 0 Å². The minimum absolute atomic E-state index is 0.261. The van der Waals surface area contributed by atoms with Gasteiger partial charge in [0.25, 0.3) is 0 Å². The molecular weight excluding hydrogens is 1500 g/mol. The van der Waals surface area contributed by atoms with E-state index >= 15 is 0 Å². The van der Waals surface area contributed by atoms with E-state index in [0.29, 0.717) is 43.5 Å². The highest BCUT2D eigenvalue weighted by Crippen LogP contribution is 2.34. The van der Waals surface area contributed by atoms with Crippen molar-refractivity contribution in [3.05, 3.63) is 165 Å². The van der Waals surface area contributed by atoms with Crippen molar-refractivity contribution in [1.29, 1.82) is 0 Å². The summed E-state index contributed by atoms with van der Waals surface area (Å²) in [6.07, 6.45) is 19.6. The third-order valence-electron chi connectivity index (χ3n) is 16.6. The molecule has 109 heavy (non-hydrogen) atoms. The van der Waals surface area contributed by atoms with E-state index in [0.717, 1.165) is 58.3 Å². The van der Waals surface area contributed by atoms with Crippen LogP contribution in [0.25, 0.3) is 0 Å². The third kappa shape index (κ3) is 42.5. The van der Waals surface area contributed by atoms with E-state index in [9.17, 15) is 38.4 Å². The maximum absolute atomic E-state index is 12.5. The zero-order valence-corrected chi connectivity index (χ0v) is 70.0. The Morgan fingerprint density at radius 2 is 0.872 bits per heavy atom. The molecule has 2 saturated heterocycles. The lowest BCUT2D eigenvalue weighted by molar-refractivity contribution is -0.149. The number of aryl methyl sites for hydroxylation is 1. The zero-order chi connectivity index (χ0) is 81.8. The van der Waals surface area contributed by atoms with Crippen LogP contribution in [0.3, 0.4) is 0 Å². The van der Waals surface area contributed by atoms with Gasteiger partial charge < -0.3 is 47.5 Å². The first-order valence-electron chi connectivity index (χ1n) is 37.3. The van der Waals surface area contributed by atoms with Crippen molar-refractivity contribution in [2.24, 2.45) is 17.8 Å². The summed E-state index contributed by atoms with van der Waals surface area (Å²) in [5.41, 5.74) is 1.97. The molecule has 3 aromatic carbocycles. The second-order valence-corrected chi connectivity index (χ2v) is 31.1. The van der Waals surface area contributed by atoms with E-state index in [-0.39, 0.29) is 17.6 Å². The van der Waals surface area contributed by atoms with Gasteiger partial charge >= 0.3 is 48.4 Å². The number of carbonyl (C=O) groups is 8. The van der Waals surface area contributed by atoms with Crippen molar-refractivity contribution in [3.8, 4) is 24.2 Å². The molecule has 3 fully saturated rings. The summed E-state index contributed by atoms with van der Waals surface area (Å²) in [7, 11) is 5.42. The predicted octanol–water partition coefficient (Wildman–Crippen LogP) is 18.0. The molecule has 598 valence electrons. The topological polar surface area (TPSA) is 255 Å². The Morgan fingerprint density at radius 1 is 0.477 bits per heavy atom. The van der Waals surface area contributed by atoms with Gasteiger partial charge in [0, 0.05) is 45.7 Å². The number of likely N-dealkylation sites (tertiary alicyclic amines) is 2. The molecule has 2 amide bonds. The quantitative estimate of drug-likeness (QED) is 0.0349. The van der Waals surface area contributed by atoms with Gasteiger partial charge in [0.05, 0.1) is 28.4 Å². The largest absolute Gasteiger partial charge is 0.519 e. The fourth-order valence-electron chi connectivity index (χ4n) is 11.2. The molecule has 4 heterocycles. The van der Waals surface area contributed by atoms with Crippen LogP contribution in [0, 0.1) is 45.5 Å². The van der Waals surface area contributed by atoms with E-state index in [1.165, 1.54) is 97.1 Å². The van der Waals surface area contributed by atoms with Crippen molar-refractivity contribution in [1.82, 2.24) is 24.7 Å². The summed E-state index contributed by atoms with van der Waals surface area (Å²) in [5, 5.41) is 0. The van der Waals surface area contributed by atoms with Crippen molar-refractivity contribution < 1.29 is 81.0 Å². The summed E-state index contributed by atoms with van der Waals surface area (Å²) in [6.45, 7) is 32.2. The summed E-state index contributed by atoms with van der Waals surface area (Å²) in [6, 6.07) is 35.4. The van der Waals surface area contributed by atoms with Crippen LogP contribution in [-0.4, -0.2) is 169 Å². The van der Waals surface area contributed by atoms with Gasteiger partial charge in [-0.15, -0.1) is 6.42 Å². The lowest BCUT2D eigenvalue weighted by Gasteiger charge is -2.38. The van der Waals surface area contributed by atoms with Gasteiger partial charge in [0.2, 0.25) is 0 Å². The number of nitrogens with zero attached hydrogens (tertiary/aromatic N) is 5. The average Bonchev–Trinajstić information content (AvgIpc) is 0.823. The third-order valence-corrected chi connectivity index (χ3v) is 17.3. The van der Waals surface area contributed by atoms with Gasteiger partial charge in [0.1, 0.15) is 45.9 Å². The first kappa shape index (κ1) is 96.0. The molecule has 8 rings (SSSR count). The molecule has 0 bridgehead atoms. The second-order valence-electron chi connectivity index (χ2n) is 29.9.